The number of rotatable bonds is 18. The van der Waals surface area contributed by atoms with Crippen molar-refractivity contribution >= 4 is 29.6 Å². The zero-order valence-electron chi connectivity index (χ0n) is 27.4. The Kier molecular flexibility index (Phi) is 12.9. The second kappa shape index (κ2) is 17.5. The Balaban J connectivity index is 1.14. The van der Waals surface area contributed by atoms with Gasteiger partial charge in [-0.15, -0.1) is 0 Å². The summed E-state index contributed by atoms with van der Waals surface area (Å²) in [4.78, 5) is 35.3. The maximum atomic E-state index is 13.4. The summed E-state index contributed by atoms with van der Waals surface area (Å²) < 4.78 is 7.72. The van der Waals surface area contributed by atoms with Gasteiger partial charge in [-0.05, 0) is 75.8 Å². The Hall–Kier alpha value is -3.70. The number of benzene rings is 1. The topological polar surface area (TPSA) is 135 Å². The van der Waals surface area contributed by atoms with E-state index in [0.717, 1.165) is 81.0 Å². The molecule has 2 aliphatic rings. The fourth-order valence-electron chi connectivity index (χ4n) is 6.32. The lowest BCUT2D eigenvalue weighted by Gasteiger charge is -2.36. The lowest BCUT2D eigenvalue weighted by atomic mass is 9.90. The molecule has 47 heavy (non-hydrogen) atoms. The van der Waals surface area contributed by atoms with Crippen LogP contribution in [0.3, 0.4) is 0 Å². The first-order chi connectivity index (χ1) is 22.9. The number of nitrogens with one attached hydrogen (secondary N) is 2. The molecule has 2 saturated carbocycles. The third-order valence-corrected chi connectivity index (χ3v) is 9.46. The van der Waals surface area contributed by atoms with Gasteiger partial charge >= 0.3 is 12.1 Å². The van der Waals surface area contributed by atoms with Crippen LogP contribution < -0.4 is 10.6 Å². The number of aliphatic carboxylic acids is 1. The number of carbonyl (C=O) groups excluding carboxylic acids is 1. The first-order valence-electron chi connectivity index (χ1n) is 17.1. The fraction of sp³-hybridized carbons (Fsp3) is 0.571. The predicted molar refractivity (Wildman–Crippen MR) is 182 cm³/mol. The van der Waals surface area contributed by atoms with E-state index in [0.29, 0.717) is 35.7 Å². The van der Waals surface area contributed by atoms with E-state index in [9.17, 15) is 9.59 Å². The van der Waals surface area contributed by atoms with Gasteiger partial charge in [0.25, 0.3) is 0 Å². The third kappa shape index (κ3) is 10.7. The summed E-state index contributed by atoms with van der Waals surface area (Å²) in [7, 11) is 1.97. The number of aromatic nitrogens is 4. The second-order valence-electron chi connectivity index (χ2n) is 12.9. The van der Waals surface area contributed by atoms with E-state index in [4.69, 9.17) is 26.4 Å². The van der Waals surface area contributed by atoms with Gasteiger partial charge in [-0.1, -0.05) is 61.2 Å². The van der Waals surface area contributed by atoms with Crippen molar-refractivity contribution in [3.8, 4) is 11.3 Å². The molecule has 0 saturated heterocycles. The number of nitrogens with zero attached hydrogens (tertiary/aromatic N) is 5. The molecule has 0 atom stereocenters. The van der Waals surface area contributed by atoms with Gasteiger partial charge in [-0.2, -0.15) is 5.10 Å². The van der Waals surface area contributed by atoms with Crippen LogP contribution in [0.5, 0.6) is 0 Å². The highest BCUT2D eigenvalue weighted by Gasteiger charge is 2.30. The summed E-state index contributed by atoms with van der Waals surface area (Å²) in [5.41, 5.74) is 3.81. The van der Waals surface area contributed by atoms with Gasteiger partial charge in [-0.3, -0.25) is 9.48 Å². The van der Waals surface area contributed by atoms with E-state index in [2.05, 4.69) is 20.7 Å². The molecule has 5 rings (SSSR count). The van der Waals surface area contributed by atoms with Crippen molar-refractivity contribution in [1.82, 2.24) is 30.0 Å². The molecule has 1 aromatic carbocycles. The highest BCUT2D eigenvalue weighted by molar-refractivity contribution is 6.33. The van der Waals surface area contributed by atoms with Crippen molar-refractivity contribution in [3.05, 3.63) is 59.0 Å². The van der Waals surface area contributed by atoms with Crippen molar-refractivity contribution in [2.24, 2.45) is 13.0 Å². The van der Waals surface area contributed by atoms with Gasteiger partial charge in [0.1, 0.15) is 6.61 Å². The van der Waals surface area contributed by atoms with Crippen molar-refractivity contribution in [3.63, 3.8) is 0 Å². The van der Waals surface area contributed by atoms with Crippen molar-refractivity contribution in [1.29, 1.82) is 0 Å². The van der Waals surface area contributed by atoms with Crippen molar-refractivity contribution in [2.45, 2.75) is 95.7 Å². The Morgan fingerprint density at radius 2 is 1.77 bits per heavy atom. The highest BCUT2D eigenvalue weighted by atomic mass is 35.5. The van der Waals surface area contributed by atoms with E-state index < -0.39 is 5.97 Å². The smallest absolute Gasteiger partial charge is 0.410 e. The predicted octanol–water partition coefficient (Wildman–Crippen LogP) is 6.47. The molecule has 11 nitrogen and oxygen atoms in total. The molecule has 0 aliphatic heterocycles. The van der Waals surface area contributed by atoms with Gasteiger partial charge < -0.3 is 25.4 Å². The molecule has 12 heteroatoms. The zero-order chi connectivity index (χ0) is 33.0. The van der Waals surface area contributed by atoms with Crippen LogP contribution in [-0.2, 0) is 29.6 Å². The Labute approximate surface area is 282 Å². The minimum absolute atomic E-state index is 0.00182. The molecular formula is C35H48ClN7O4. The molecule has 0 spiro atoms. The molecule has 3 N–H and O–H groups in total. The average molecular weight is 666 g/mol. The number of carboxylic acids is 1. The standard InChI is InChI=1S/C35H48ClN7O4/c1-42-31(20-25-12-13-25)29(21-39-42)33-30(36)22-38-34(41-33)40-27-14-16-28(17-15-27)43(35(46)47-24-26-10-6-5-7-11-26)19-9-4-2-3-8-18-37-23-32(44)45/h5-7,10-11,21-22,25,27-28,37H,2-4,8-9,12-20,23-24H2,1H3,(H,44,45)(H,38,40,41). The number of ether oxygens (including phenoxy) is 1. The summed E-state index contributed by atoms with van der Waals surface area (Å²) >= 11 is 6.59. The fourth-order valence-corrected chi connectivity index (χ4v) is 6.51. The van der Waals surface area contributed by atoms with Crippen LogP contribution in [0.15, 0.2) is 42.7 Å². The van der Waals surface area contributed by atoms with Gasteiger partial charge in [0.05, 0.1) is 29.7 Å². The maximum Gasteiger partial charge on any atom is 0.410 e. The Bertz CT molecular complexity index is 1440. The summed E-state index contributed by atoms with van der Waals surface area (Å²) in [6, 6.07) is 10.1. The van der Waals surface area contributed by atoms with Crippen LogP contribution in [0.25, 0.3) is 11.3 Å². The molecule has 0 bridgehead atoms. The lowest BCUT2D eigenvalue weighted by Crippen LogP contribution is -2.44. The molecule has 2 aliphatic carbocycles. The summed E-state index contributed by atoms with van der Waals surface area (Å²) in [5, 5.41) is 20.2. The maximum absolute atomic E-state index is 13.4. The van der Waals surface area contributed by atoms with E-state index in [1.54, 1.807) is 6.20 Å². The summed E-state index contributed by atoms with van der Waals surface area (Å²) in [6.45, 7) is 1.62. The highest BCUT2D eigenvalue weighted by Crippen LogP contribution is 2.37. The number of unbranched alkanes of at least 4 members (excludes halogenated alkanes) is 4. The Morgan fingerprint density at radius 3 is 2.51 bits per heavy atom. The number of hydrogen-bond acceptors (Lipinski definition) is 8. The quantitative estimate of drug-likeness (QED) is 0.131. The normalized spacial score (nSPS) is 17.7. The summed E-state index contributed by atoms with van der Waals surface area (Å²) in [5.74, 6) is 0.443. The van der Waals surface area contributed by atoms with Crippen molar-refractivity contribution in [2.75, 3.05) is 25.0 Å². The number of anilines is 1. The van der Waals surface area contributed by atoms with Crippen LogP contribution in [0.4, 0.5) is 10.7 Å². The minimum atomic E-state index is -0.833. The van der Waals surface area contributed by atoms with Gasteiger partial charge in [0.15, 0.2) is 0 Å². The molecule has 0 unspecified atom stereocenters. The van der Waals surface area contributed by atoms with Gasteiger partial charge in [0, 0.05) is 36.9 Å². The molecule has 2 fully saturated rings. The first kappa shape index (κ1) is 34.6. The zero-order valence-corrected chi connectivity index (χ0v) is 28.1. The van der Waals surface area contributed by atoms with E-state index in [1.165, 1.54) is 12.8 Å². The second-order valence-corrected chi connectivity index (χ2v) is 13.3. The average Bonchev–Trinajstić information content (AvgIpc) is 3.83. The molecule has 2 aromatic heterocycles. The van der Waals surface area contributed by atoms with Crippen LogP contribution in [-0.4, -0.2) is 73.5 Å². The molecular weight excluding hydrogens is 618 g/mol. The largest absolute Gasteiger partial charge is 0.480 e. The molecule has 3 aromatic rings. The number of amides is 1. The van der Waals surface area contributed by atoms with Crippen LogP contribution >= 0.6 is 11.6 Å². The Morgan fingerprint density at radius 1 is 1.02 bits per heavy atom. The van der Waals surface area contributed by atoms with Gasteiger partial charge in [-0.25, -0.2) is 14.8 Å². The molecule has 2 heterocycles. The van der Waals surface area contributed by atoms with Crippen LogP contribution in [0.2, 0.25) is 5.02 Å². The van der Waals surface area contributed by atoms with Crippen molar-refractivity contribution < 1.29 is 19.4 Å². The number of halogens is 1. The third-order valence-electron chi connectivity index (χ3n) is 9.18. The van der Waals surface area contributed by atoms with E-state index in [1.807, 2.05) is 53.2 Å². The summed E-state index contributed by atoms with van der Waals surface area (Å²) in [6.07, 6.45) is 15.2. The number of carboxylic acid groups (broad SMARTS) is 1. The lowest BCUT2D eigenvalue weighted by molar-refractivity contribution is -0.135. The SMILES string of the molecule is Cn1ncc(-c2nc(NC3CCC(N(CCCCCCCNCC(=O)O)C(=O)OCc4ccccc4)CC3)ncc2Cl)c1CC1CC1. The monoisotopic (exact) mass is 665 g/mol. The van der Waals surface area contributed by atoms with E-state index >= 15 is 0 Å². The van der Waals surface area contributed by atoms with Crippen LogP contribution in [0, 0.1) is 5.92 Å². The number of aryl methyl sites for hydroxylation is 1. The molecule has 254 valence electrons. The molecule has 1 amide bonds. The van der Waals surface area contributed by atoms with Gasteiger partial charge in [0.2, 0.25) is 5.95 Å². The molecule has 0 radical (unpaired) electrons. The van der Waals surface area contributed by atoms with Crippen LogP contribution in [0.1, 0.15) is 81.9 Å². The number of carbonyl (C=O) groups is 2. The first-order valence-corrected chi connectivity index (χ1v) is 17.4. The minimum Gasteiger partial charge on any atom is -0.480 e. The van der Waals surface area contributed by atoms with E-state index in [-0.39, 0.29) is 31.3 Å². The number of hydrogen-bond donors (Lipinski definition) is 3.